The van der Waals surface area contributed by atoms with E-state index in [9.17, 15) is 9.59 Å². The largest absolute Gasteiger partial charge is 0.497 e. The zero-order valence-electron chi connectivity index (χ0n) is 17.3. The Bertz CT molecular complexity index is 881. The molecule has 0 aromatic heterocycles. The molecule has 1 atom stereocenters. The SMILES string of the molecule is COCCNC(=O)CCC(=O)N1N=C(c2ccccc2)C[C@@H]1c1ccc(OC)cc1. The van der Waals surface area contributed by atoms with Gasteiger partial charge in [-0.05, 0) is 23.3 Å². The molecule has 0 fully saturated rings. The van der Waals surface area contributed by atoms with Gasteiger partial charge in [-0.25, -0.2) is 5.01 Å². The van der Waals surface area contributed by atoms with Crippen LogP contribution in [0, 0.1) is 0 Å². The van der Waals surface area contributed by atoms with Crippen molar-refractivity contribution in [2.45, 2.75) is 25.3 Å². The van der Waals surface area contributed by atoms with Crippen LogP contribution in [0.2, 0.25) is 0 Å². The highest BCUT2D eigenvalue weighted by Crippen LogP contribution is 2.34. The van der Waals surface area contributed by atoms with Gasteiger partial charge in [-0.2, -0.15) is 5.10 Å². The maximum atomic E-state index is 13.0. The standard InChI is InChI=1S/C23H27N3O4/c1-29-15-14-24-22(27)12-13-23(28)26-21(18-8-10-19(30-2)11-9-18)16-20(25-26)17-6-4-3-5-7-17/h3-11,21H,12-16H2,1-2H3,(H,24,27)/t21-/m1/s1. The van der Waals surface area contributed by atoms with E-state index in [0.717, 1.165) is 22.6 Å². The van der Waals surface area contributed by atoms with Crippen LogP contribution in [0.5, 0.6) is 5.75 Å². The van der Waals surface area contributed by atoms with Crippen LogP contribution in [0.4, 0.5) is 0 Å². The van der Waals surface area contributed by atoms with Crippen molar-refractivity contribution in [2.24, 2.45) is 5.10 Å². The Kier molecular flexibility index (Phi) is 7.57. The number of carbonyl (C=O) groups excluding carboxylic acids is 2. The van der Waals surface area contributed by atoms with Gasteiger partial charge in [0.05, 0.1) is 25.5 Å². The van der Waals surface area contributed by atoms with E-state index in [4.69, 9.17) is 9.47 Å². The molecule has 0 spiro atoms. The highest BCUT2D eigenvalue weighted by Gasteiger charge is 2.33. The number of hydrogen-bond donors (Lipinski definition) is 1. The Morgan fingerprint density at radius 2 is 1.80 bits per heavy atom. The lowest BCUT2D eigenvalue weighted by molar-refractivity contribution is -0.135. The summed E-state index contributed by atoms with van der Waals surface area (Å²) in [6.45, 7) is 0.869. The molecule has 0 unspecified atom stereocenters. The summed E-state index contributed by atoms with van der Waals surface area (Å²) in [6, 6.07) is 17.3. The molecule has 7 nitrogen and oxygen atoms in total. The molecule has 0 bridgehead atoms. The van der Waals surface area contributed by atoms with Crippen molar-refractivity contribution < 1.29 is 19.1 Å². The molecule has 1 heterocycles. The third kappa shape index (κ3) is 5.45. The number of amides is 2. The van der Waals surface area contributed by atoms with Crippen LogP contribution in [0.1, 0.15) is 36.4 Å². The summed E-state index contributed by atoms with van der Waals surface area (Å²) in [5, 5.41) is 8.89. The number of methoxy groups -OCH3 is 2. The molecule has 2 amide bonds. The topological polar surface area (TPSA) is 80.2 Å². The second-order valence-electron chi connectivity index (χ2n) is 6.99. The lowest BCUT2D eigenvalue weighted by Crippen LogP contribution is -2.30. The highest BCUT2D eigenvalue weighted by molar-refractivity contribution is 6.03. The second kappa shape index (κ2) is 10.5. The summed E-state index contributed by atoms with van der Waals surface area (Å²) < 4.78 is 10.2. The summed E-state index contributed by atoms with van der Waals surface area (Å²) >= 11 is 0. The Morgan fingerprint density at radius 3 is 2.47 bits per heavy atom. The summed E-state index contributed by atoms with van der Waals surface area (Å²) in [5.74, 6) is 0.406. The second-order valence-corrected chi connectivity index (χ2v) is 6.99. The van der Waals surface area contributed by atoms with Crippen LogP contribution in [0.3, 0.4) is 0 Å². The van der Waals surface area contributed by atoms with Gasteiger partial charge >= 0.3 is 0 Å². The summed E-state index contributed by atoms with van der Waals surface area (Å²) in [4.78, 5) is 24.9. The molecule has 158 valence electrons. The minimum absolute atomic E-state index is 0.0943. The lowest BCUT2D eigenvalue weighted by atomic mass is 9.98. The molecule has 0 radical (unpaired) electrons. The Morgan fingerprint density at radius 1 is 1.07 bits per heavy atom. The lowest BCUT2D eigenvalue weighted by Gasteiger charge is -2.22. The zero-order valence-corrected chi connectivity index (χ0v) is 17.3. The molecule has 30 heavy (non-hydrogen) atoms. The van der Waals surface area contributed by atoms with Gasteiger partial charge in [0, 0.05) is 32.9 Å². The molecule has 1 aliphatic heterocycles. The Hall–Kier alpha value is -3.19. The van der Waals surface area contributed by atoms with Crippen LogP contribution in [-0.2, 0) is 14.3 Å². The predicted molar refractivity (Wildman–Crippen MR) is 114 cm³/mol. The maximum Gasteiger partial charge on any atom is 0.243 e. The number of ether oxygens (including phenoxy) is 2. The minimum Gasteiger partial charge on any atom is -0.497 e. The van der Waals surface area contributed by atoms with Gasteiger partial charge in [0.2, 0.25) is 11.8 Å². The van der Waals surface area contributed by atoms with Gasteiger partial charge in [-0.15, -0.1) is 0 Å². The van der Waals surface area contributed by atoms with Gasteiger partial charge in [-0.1, -0.05) is 42.5 Å². The van der Waals surface area contributed by atoms with E-state index in [2.05, 4.69) is 10.4 Å². The summed E-state index contributed by atoms with van der Waals surface area (Å²) in [5.41, 5.74) is 2.82. The molecule has 2 aromatic rings. The van der Waals surface area contributed by atoms with E-state index in [0.29, 0.717) is 19.6 Å². The number of nitrogens with zero attached hydrogens (tertiary/aromatic N) is 2. The van der Waals surface area contributed by atoms with Gasteiger partial charge in [-0.3, -0.25) is 9.59 Å². The monoisotopic (exact) mass is 409 g/mol. The molecule has 7 heteroatoms. The first-order valence-electron chi connectivity index (χ1n) is 9.97. The van der Waals surface area contributed by atoms with E-state index < -0.39 is 0 Å². The fourth-order valence-electron chi connectivity index (χ4n) is 3.35. The molecular formula is C23H27N3O4. The highest BCUT2D eigenvalue weighted by atomic mass is 16.5. The normalized spacial score (nSPS) is 15.6. The van der Waals surface area contributed by atoms with Crippen LogP contribution < -0.4 is 10.1 Å². The molecule has 3 rings (SSSR count). The average molecular weight is 409 g/mol. The third-order valence-electron chi connectivity index (χ3n) is 4.97. The predicted octanol–water partition coefficient (Wildman–Crippen LogP) is 2.92. The number of carbonyl (C=O) groups is 2. The van der Waals surface area contributed by atoms with Gasteiger partial charge in [0.15, 0.2) is 0 Å². The van der Waals surface area contributed by atoms with E-state index in [-0.39, 0.29) is 30.7 Å². The number of nitrogens with one attached hydrogen (secondary N) is 1. The van der Waals surface area contributed by atoms with Crippen molar-refractivity contribution in [1.82, 2.24) is 10.3 Å². The maximum absolute atomic E-state index is 13.0. The van der Waals surface area contributed by atoms with Crippen molar-refractivity contribution in [1.29, 1.82) is 0 Å². The Balaban J connectivity index is 1.74. The quantitative estimate of drug-likeness (QED) is 0.646. The fraction of sp³-hybridized carbons (Fsp3) is 0.348. The Labute approximate surface area is 176 Å². The van der Waals surface area contributed by atoms with Gasteiger partial charge < -0.3 is 14.8 Å². The van der Waals surface area contributed by atoms with E-state index in [1.54, 1.807) is 14.2 Å². The number of hydrazone groups is 1. The van der Waals surface area contributed by atoms with Crippen molar-refractivity contribution in [2.75, 3.05) is 27.4 Å². The van der Waals surface area contributed by atoms with Crippen molar-refractivity contribution >= 4 is 17.5 Å². The van der Waals surface area contributed by atoms with Crippen LogP contribution in [-0.4, -0.2) is 49.9 Å². The third-order valence-corrected chi connectivity index (χ3v) is 4.97. The smallest absolute Gasteiger partial charge is 0.243 e. The first kappa shape index (κ1) is 21.5. The van der Waals surface area contributed by atoms with E-state index >= 15 is 0 Å². The summed E-state index contributed by atoms with van der Waals surface area (Å²) in [6.07, 6.45) is 0.823. The molecule has 0 saturated carbocycles. The summed E-state index contributed by atoms with van der Waals surface area (Å²) in [7, 11) is 3.19. The van der Waals surface area contributed by atoms with Crippen LogP contribution in [0.15, 0.2) is 59.7 Å². The van der Waals surface area contributed by atoms with Crippen LogP contribution >= 0.6 is 0 Å². The van der Waals surface area contributed by atoms with E-state index in [1.807, 2.05) is 54.6 Å². The van der Waals surface area contributed by atoms with Crippen molar-refractivity contribution in [3.05, 3.63) is 65.7 Å². The molecule has 1 aliphatic rings. The molecule has 2 aromatic carbocycles. The van der Waals surface area contributed by atoms with Gasteiger partial charge in [0.25, 0.3) is 0 Å². The fourth-order valence-corrected chi connectivity index (χ4v) is 3.35. The van der Waals surface area contributed by atoms with E-state index in [1.165, 1.54) is 5.01 Å². The molecule has 0 saturated heterocycles. The number of benzene rings is 2. The minimum atomic E-state index is -0.213. The first-order valence-corrected chi connectivity index (χ1v) is 9.97. The molecule has 0 aliphatic carbocycles. The number of hydrogen-bond acceptors (Lipinski definition) is 5. The zero-order chi connectivity index (χ0) is 21.3. The van der Waals surface area contributed by atoms with Crippen molar-refractivity contribution in [3.63, 3.8) is 0 Å². The van der Waals surface area contributed by atoms with Crippen molar-refractivity contribution in [3.8, 4) is 5.75 Å². The average Bonchev–Trinajstić information content (AvgIpc) is 3.24. The number of rotatable bonds is 9. The molecular weight excluding hydrogens is 382 g/mol. The van der Waals surface area contributed by atoms with Crippen LogP contribution in [0.25, 0.3) is 0 Å². The molecule has 1 N–H and O–H groups in total. The first-order chi connectivity index (χ1) is 14.6. The van der Waals surface area contributed by atoms with Gasteiger partial charge in [0.1, 0.15) is 5.75 Å².